The standard InChI is InChI=1S/C18H17N3O2S2/c1-12-4-3-5-14(10-12)19-16(22)11-24-18-20-17(21-25-18)13-6-8-15(23-2)9-7-13/h3-10H,11H2,1-2H3,(H,19,22). The lowest BCUT2D eigenvalue weighted by atomic mass is 10.2. The number of thioether (sulfide) groups is 1. The van der Waals surface area contributed by atoms with Crippen molar-refractivity contribution >= 4 is 34.9 Å². The van der Waals surface area contributed by atoms with E-state index in [9.17, 15) is 4.79 Å². The molecule has 1 aromatic heterocycles. The number of hydrogen-bond donors (Lipinski definition) is 1. The molecule has 0 fully saturated rings. The maximum atomic E-state index is 12.1. The van der Waals surface area contributed by atoms with E-state index in [2.05, 4.69) is 14.7 Å². The van der Waals surface area contributed by atoms with Crippen molar-refractivity contribution in [3.8, 4) is 17.1 Å². The fourth-order valence-electron chi connectivity index (χ4n) is 2.17. The fraction of sp³-hybridized carbons (Fsp3) is 0.167. The minimum Gasteiger partial charge on any atom is -0.497 e. The number of aryl methyl sites for hydroxylation is 1. The Hall–Kier alpha value is -2.38. The summed E-state index contributed by atoms with van der Waals surface area (Å²) in [5, 5.41) is 2.89. The molecule has 3 rings (SSSR count). The van der Waals surface area contributed by atoms with Crippen LogP contribution in [0.5, 0.6) is 5.75 Å². The Balaban J connectivity index is 1.56. The van der Waals surface area contributed by atoms with Gasteiger partial charge in [-0.05, 0) is 60.4 Å². The Kier molecular flexibility index (Phi) is 5.67. The van der Waals surface area contributed by atoms with Gasteiger partial charge in [0.15, 0.2) is 10.2 Å². The van der Waals surface area contributed by atoms with Crippen LogP contribution in [0.25, 0.3) is 11.4 Å². The monoisotopic (exact) mass is 371 g/mol. The predicted octanol–water partition coefficient (Wildman–Crippen LogP) is 4.25. The van der Waals surface area contributed by atoms with Gasteiger partial charge < -0.3 is 10.1 Å². The van der Waals surface area contributed by atoms with E-state index in [1.54, 1.807) is 7.11 Å². The van der Waals surface area contributed by atoms with Crippen molar-refractivity contribution in [1.29, 1.82) is 0 Å². The van der Waals surface area contributed by atoms with Crippen molar-refractivity contribution in [2.24, 2.45) is 0 Å². The summed E-state index contributed by atoms with van der Waals surface area (Å²) in [6.07, 6.45) is 0. The van der Waals surface area contributed by atoms with Gasteiger partial charge in [0, 0.05) is 11.3 Å². The van der Waals surface area contributed by atoms with Crippen molar-refractivity contribution in [3.63, 3.8) is 0 Å². The molecule has 0 saturated carbocycles. The maximum Gasteiger partial charge on any atom is 0.234 e. The molecule has 0 aliphatic heterocycles. The van der Waals surface area contributed by atoms with Crippen LogP contribution in [0.1, 0.15) is 5.56 Å². The first-order valence-corrected chi connectivity index (χ1v) is 9.37. The highest BCUT2D eigenvalue weighted by Crippen LogP contribution is 2.26. The van der Waals surface area contributed by atoms with Gasteiger partial charge in [0.25, 0.3) is 0 Å². The topological polar surface area (TPSA) is 64.1 Å². The molecular formula is C18H17N3O2S2. The number of nitrogens with one attached hydrogen (secondary N) is 1. The van der Waals surface area contributed by atoms with Gasteiger partial charge in [-0.25, -0.2) is 4.98 Å². The number of aromatic nitrogens is 2. The summed E-state index contributed by atoms with van der Waals surface area (Å²) in [6, 6.07) is 15.3. The highest BCUT2D eigenvalue weighted by molar-refractivity contribution is 8.01. The minimum atomic E-state index is -0.0585. The number of nitrogens with zero attached hydrogens (tertiary/aromatic N) is 2. The van der Waals surface area contributed by atoms with E-state index in [1.165, 1.54) is 23.3 Å². The van der Waals surface area contributed by atoms with E-state index >= 15 is 0 Å². The summed E-state index contributed by atoms with van der Waals surface area (Å²) in [4.78, 5) is 16.5. The molecule has 1 heterocycles. The second kappa shape index (κ2) is 8.13. The summed E-state index contributed by atoms with van der Waals surface area (Å²) in [7, 11) is 1.63. The average molecular weight is 371 g/mol. The molecule has 1 N–H and O–H groups in total. The molecule has 0 spiro atoms. The molecule has 0 aliphatic carbocycles. The van der Waals surface area contributed by atoms with Gasteiger partial charge in [0.2, 0.25) is 5.91 Å². The lowest BCUT2D eigenvalue weighted by Gasteiger charge is -2.04. The molecule has 5 nitrogen and oxygen atoms in total. The molecule has 0 atom stereocenters. The Morgan fingerprint density at radius 2 is 2.04 bits per heavy atom. The summed E-state index contributed by atoms with van der Waals surface area (Å²) in [6.45, 7) is 1.99. The van der Waals surface area contributed by atoms with E-state index in [4.69, 9.17) is 4.74 Å². The number of amides is 1. The van der Waals surface area contributed by atoms with Crippen molar-refractivity contribution < 1.29 is 9.53 Å². The zero-order valence-electron chi connectivity index (χ0n) is 13.9. The normalized spacial score (nSPS) is 10.5. The zero-order valence-corrected chi connectivity index (χ0v) is 15.5. The number of carbonyl (C=O) groups excluding carboxylic acids is 1. The van der Waals surface area contributed by atoms with Gasteiger partial charge in [-0.2, -0.15) is 4.37 Å². The molecule has 1 amide bonds. The highest BCUT2D eigenvalue weighted by Gasteiger charge is 2.10. The predicted molar refractivity (Wildman–Crippen MR) is 102 cm³/mol. The van der Waals surface area contributed by atoms with Crippen molar-refractivity contribution in [2.45, 2.75) is 11.3 Å². The molecular weight excluding hydrogens is 354 g/mol. The average Bonchev–Trinajstić information content (AvgIpc) is 3.09. The second-order valence-electron chi connectivity index (χ2n) is 5.32. The van der Waals surface area contributed by atoms with Gasteiger partial charge in [-0.1, -0.05) is 23.9 Å². The number of carbonyl (C=O) groups is 1. The molecule has 2 aromatic carbocycles. The maximum absolute atomic E-state index is 12.1. The Morgan fingerprint density at radius 1 is 1.24 bits per heavy atom. The molecule has 7 heteroatoms. The third-order valence-electron chi connectivity index (χ3n) is 3.38. The SMILES string of the molecule is COc1ccc(-c2nsc(SCC(=O)Nc3cccc(C)c3)n2)cc1. The number of benzene rings is 2. The zero-order chi connectivity index (χ0) is 17.6. The van der Waals surface area contributed by atoms with E-state index in [0.29, 0.717) is 11.6 Å². The number of hydrogen-bond acceptors (Lipinski definition) is 6. The van der Waals surface area contributed by atoms with Crippen LogP contribution in [0.3, 0.4) is 0 Å². The second-order valence-corrected chi connectivity index (χ2v) is 7.29. The van der Waals surface area contributed by atoms with E-state index in [1.807, 2.05) is 55.5 Å². The van der Waals surface area contributed by atoms with Crippen LogP contribution in [-0.4, -0.2) is 28.1 Å². The lowest BCUT2D eigenvalue weighted by molar-refractivity contribution is -0.113. The first kappa shape index (κ1) is 17.4. The minimum absolute atomic E-state index is 0.0585. The molecule has 0 unspecified atom stereocenters. The molecule has 128 valence electrons. The Bertz CT molecular complexity index is 863. The third-order valence-corrected chi connectivity index (χ3v) is 5.22. The number of anilines is 1. The number of rotatable bonds is 6. The van der Waals surface area contributed by atoms with Gasteiger partial charge in [0.05, 0.1) is 12.9 Å². The number of ether oxygens (including phenoxy) is 1. The highest BCUT2D eigenvalue weighted by atomic mass is 32.2. The molecule has 25 heavy (non-hydrogen) atoms. The lowest BCUT2D eigenvalue weighted by Crippen LogP contribution is -2.13. The molecule has 0 saturated heterocycles. The van der Waals surface area contributed by atoms with Crippen LogP contribution in [0.15, 0.2) is 52.9 Å². The van der Waals surface area contributed by atoms with Crippen molar-refractivity contribution in [1.82, 2.24) is 9.36 Å². The third kappa shape index (κ3) is 4.80. The van der Waals surface area contributed by atoms with Gasteiger partial charge in [-0.15, -0.1) is 0 Å². The summed E-state index contributed by atoms with van der Waals surface area (Å²) in [5.74, 6) is 1.69. The van der Waals surface area contributed by atoms with E-state index < -0.39 is 0 Å². The van der Waals surface area contributed by atoms with Crippen LogP contribution in [0.2, 0.25) is 0 Å². The first-order chi connectivity index (χ1) is 12.1. The summed E-state index contributed by atoms with van der Waals surface area (Å²) < 4.78 is 10.3. The summed E-state index contributed by atoms with van der Waals surface area (Å²) >= 11 is 2.68. The van der Waals surface area contributed by atoms with Crippen LogP contribution < -0.4 is 10.1 Å². The van der Waals surface area contributed by atoms with Crippen LogP contribution >= 0.6 is 23.3 Å². The van der Waals surface area contributed by atoms with Gasteiger partial charge >= 0.3 is 0 Å². The van der Waals surface area contributed by atoms with E-state index in [-0.39, 0.29) is 5.91 Å². The first-order valence-electron chi connectivity index (χ1n) is 7.61. The Labute approximate surface area is 154 Å². The largest absolute Gasteiger partial charge is 0.497 e. The smallest absolute Gasteiger partial charge is 0.234 e. The molecule has 0 radical (unpaired) electrons. The van der Waals surface area contributed by atoms with Gasteiger partial charge in [0.1, 0.15) is 5.75 Å². The quantitative estimate of drug-likeness (QED) is 0.656. The van der Waals surface area contributed by atoms with Crippen LogP contribution in [0, 0.1) is 6.92 Å². The van der Waals surface area contributed by atoms with Crippen LogP contribution in [-0.2, 0) is 4.79 Å². The number of methoxy groups -OCH3 is 1. The molecule has 0 aliphatic rings. The fourth-order valence-corrected chi connectivity index (χ4v) is 3.59. The van der Waals surface area contributed by atoms with Gasteiger partial charge in [-0.3, -0.25) is 4.79 Å². The molecule has 3 aromatic rings. The van der Waals surface area contributed by atoms with Crippen LogP contribution in [0.4, 0.5) is 5.69 Å². The summed E-state index contributed by atoms with van der Waals surface area (Å²) in [5.41, 5.74) is 2.84. The van der Waals surface area contributed by atoms with E-state index in [0.717, 1.165) is 26.9 Å². The van der Waals surface area contributed by atoms with Crippen molar-refractivity contribution in [2.75, 3.05) is 18.2 Å². The molecule has 0 bridgehead atoms. The Morgan fingerprint density at radius 3 is 2.76 bits per heavy atom. The van der Waals surface area contributed by atoms with Crippen molar-refractivity contribution in [3.05, 3.63) is 54.1 Å².